The molecule has 0 rings (SSSR count). The van der Waals surface area contributed by atoms with Crippen molar-refractivity contribution in [3.05, 3.63) is 0 Å². The second-order valence-electron chi connectivity index (χ2n) is 5.39. The molecule has 2 N–H and O–H groups in total. The minimum Gasteiger partial charge on any atom is -0.480 e. The molecule has 0 spiro atoms. The number of carboxylic acid groups (broad SMARTS) is 1. The molecule has 0 aromatic rings. The summed E-state index contributed by atoms with van der Waals surface area (Å²) in [7, 11) is 0. The van der Waals surface area contributed by atoms with Gasteiger partial charge in [-0.25, -0.2) is 0 Å². The SMILES string of the molecule is CCCNC(C)(CCCN(CC)C(C)C)C(=O)O. The molecule has 1 unspecified atom stereocenters. The maximum absolute atomic E-state index is 11.3. The number of rotatable bonds is 10. The number of aliphatic carboxylic acids is 1. The van der Waals surface area contributed by atoms with Crippen molar-refractivity contribution >= 4 is 5.97 Å². The molecule has 1 atom stereocenters. The molecule has 18 heavy (non-hydrogen) atoms. The Kier molecular flexibility index (Phi) is 8.20. The lowest BCUT2D eigenvalue weighted by molar-refractivity contribution is -0.144. The van der Waals surface area contributed by atoms with E-state index in [2.05, 4.69) is 31.0 Å². The highest BCUT2D eigenvalue weighted by atomic mass is 16.4. The summed E-state index contributed by atoms with van der Waals surface area (Å²) in [6.45, 7) is 13.1. The van der Waals surface area contributed by atoms with Gasteiger partial charge in [-0.05, 0) is 59.7 Å². The fourth-order valence-corrected chi connectivity index (χ4v) is 2.09. The van der Waals surface area contributed by atoms with E-state index in [1.54, 1.807) is 6.92 Å². The molecule has 0 bridgehead atoms. The Hall–Kier alpha value is -0.610. The van der Waals surface area contributed by atoms with E-state index >= 15 is 0 Å². The molecule has 0 aromatic heterocycles. The second-order valence-corrected chi connectivity index (χ2v) is 5.39. The summed E-state index contributed by atoms with van der Waals surface area (Å²) in [6, 6.07) is 0.523. The lowest BCUT2D eigenvalue weighted by atomic mass is 9.95. The zero-order chi connectivity index (χ0) is 14.2. The van der Waals surface area contributed by atoms with E-state index in [1.165, 1.54) is 0 Å². The fraction of sp³-hybridized carbons (Fsp3) is 0.929. The summed E-state index contributed by atoms with van der Waals surface area (Å²) < 4.78 is 0. The topological polar surface area (TPSA) is 52.6 Å². The molecule has 108 valence electrons. The zero-order valence-corrected chi connectivity index (χ0v) is 12.6. The van der Waals surface area contributed by atoms with Crippen LogP contribution in [0.1, 0.15) is 53.9 Å². The quantitative estimate of drug-likeness (QED) is 0.631. The zero-order valence-electron chi connectivity index (χ0n) is 12.6. The molecule has 0 saturated carbocycles. The van der Waals surface area contributed by atoms with Crippen LogP contribution < -0.4 is 5.32 Å². The van der Waals surface area contributed by atoms with Crippen LogP contribution in [0.4, 0.5) is 0 Å². The van der Waals surface area contributed by atoms with Crippen molar-refractivity contribution < 1.29 is 9.90 Å². The molecule has 0 aromatic carbocycles. The van der Waals surface area contributed by atoms with Gasteiger partial charge in [-0.1, -0.05) is 13.8 Å². The monoisotopic (exact) mass is 258 g/mol. The predicted molar refractivity (Wildman–Crippen MR) is 76.0 cm³/mol. The second kappa shape index (κ2) is 8.48. The van der Waals surface area contributed by atoms with Crippen molar-refractivity contribution in [1.29, 1.82) is 0 Å². The van der Waals surface area contributed by atoms with Gasteiger partial charge in [-0.2, -0.15) is 0 Å². The van der Waals surface area contributed by atoms with Gasteiger partial charge in [0.25, 0.3) is 0 Å². The molecular weight excluding hydrogens is 228 g/mol. The van der Waals surface area contributed by atoms with Crippen LogP contribution in [-0.4, -0.2) is 47.2 Å². The van der Waals surface area contributed by atoms with Gasteiger partial charge in [0.2, 0.25) is 0 Å². The molecule has 0 fully saturated rings. The molecule has 0 saturated heterocycles. The highest BCUT2D eigenvalue weighted by Crippen LogP contribution is 2.14. The summed E-state index contributed by atoms with van der Waals surface area (Å²) in [5.74, 6) is -0.747. The fourth-order valence-electron chi connectivity index (χ4n) is 2.09. The third-order valence-corrected chi connectivity index (χ3v) is 3.50. The Morgan fingerprint density at radius 1 is 1.39 bits per heavy atom. The highest BCUT2D eigenvalue weighted by molar-refractivity contribution is 5.78. The summed E-state index contributed by atoms with van der Waals surface area (Å²) in [4.78, 5) is 13.7. The van der Waals surface area contributed by atoms with E-state index in [0.717, 1.165) is 32.5 Å². The molecule has 0 amide bonds. The molecule has 4 heteroatoms. The molecule has 4 nitrogen and oxygen atoms in total. The lowest BCUT2D eigenvalue weighted by Crippen LogP contribution is -2.50. The first-order valence-electron chi connectivity index (χ1n) is 7.09. The van der Waals surface area contributed by atoms with Gasteiger partial charge < -0.3 is 15.3 Å². The number of nitrogens with zero attached hydrogens (tertiary/aromatic N) is 1. The van der Waals surface area contributed by atoms with Crippen molar-refractivity contribution in [2.75, 3.05) is 19.6 Å². The van der Waals surface area contributed by atoms with Crippen LogP contribution in [-0.2, 0) is 4.79 Å². The van der Waals surface area contributed by atoms with E-state index in [1.807, 2.05) is 6.92 Å². The van der Waals surface area contributed by atoms with E-state index in [4.69, 9.17) is 0 Å². The molecular formula is C14H30N2O2. The molecule has 0 aliphatic carbocycles. The third-order valence-electron chi connectivity index (χ3n) is 3.50. The Labute approximate surface area is 112 Å². The Bertz CT molecular complexity index is 244. The van der Waals surface area contributed by atoms with Crippen molar-refractivity contribution in [3.63, 3.8) is 0 Å². The first-order chi connectivity index (χ1) is 8.37. The number of hydrogen-bond acceptors (Lipinski definition) is 3. The van der Waals surface area contributed by atoms with E-state index in [0.29, 0.717) is 12.5 Å². The largest absolute Gasteiger partial charge is 0.480 e. The molecule has 0 aliphatic heterocycles. The first-order valence-corrected chi connectivity index (χ1v) is 7.09. The van der Waals surface area contributed by atoms with Gasteiger partial charge in [0, 0.05) is 6.04 Å². The Balaban J connectivity index is 4.23. The van der Waals surface area contributed by atoms with Crippen molar-refractivity contribution in [2.24, 2.45) is 0 Å². The summed E-state index contributed by atoms with van der Waals surface area (Å²) in [5.41, 5.74) is -0.785. The standard InChI is InChI=1S/C14H30N2O2/c1-6-10-15-14(5,13(17)18)9-8-11-16(7-2)12(3)4/h12,15H,6-11H2,1-5H3,(H,17,18). The molecule has 0 radical (unpaired) electrons. The number of hydrogen-bond donors (Lipinski definition) is 2. The highest BCUT2D eigenvalue weighted by Gasteiger charge is 2.31. The lowest BCUT2D eigenvalue weighted by Gasteiger charge is -2.29. The first kappa shape index (κ1) is 17.4. The van der Waals surface area contributed by atoms with E-state index in [-0.39, 0.29) is 0 Å². The third kappa shape index (κ3) is 5.83. The molecule has 0 aliphatic rings. The summed E-state index contributed by atoms with van der Waals surface area (Å²) >= 11 is 0. The van der Waals surface area contributed by atoms with Gasteiger partial charge in [-0.15, -0.1) is 0 Å². The van der Waals surface area contributed by atoms with Crippen molar-refractivity contribution in [3.8, 4) is 0 Å². The smallest absolute Gasteiger partial charge is 0.323 e. The summed E-state index contributed by atoms with van der Waals surface area (Å²) in [6.07, 6.45) is 2.53. The summed E-state index contributed by atoms with van der Waals surface area (Å²) in [5, 5.41) is 12.5. The van der Waals surface area contributed by atoms with Gasteiger partial charge in [0.05, 0.1) is 0 Å². The van der Waals surface area contributed by atoms with Crippen molar-refractivity contribution in [1.82, 2.24) is 10.2 Å². The van der Waals surface area contributed by atoms with Gasteiger partial charge in [-0.3, -0.25) is 4.79 Å². The normalized spacial score (nSPS) is 15.1. The van der Waals surface area contributed by atoms with Crippen LogP contribution in [0.3, 0.4) is 0 Å². The van der Waals surface area contributed by atoms with Crippen LogP contribution in [0.25, 0.3) is 0 Å². The van der Waals surface area contributed by atoms with Crippen LogP contribution in [0.5, 0.6) is 0 Å². The average Bonchev–Trinajstić information content (AvgIpc) is 2.31. The van der Waals surface area contributed by atoms with E-state index in [9.17, 15) is 9.90 Å². The van der Waals surface area contributed by atoms with Crippen LogP contribution in [0, 0.1) is 0 Å². The van der Waals surface area contributed by atoms with Crippen molar-refractivity contribution in [2.45, 2.75) is 65.5 Å². The van der Waals surface area contributed by atoms with Crippen LogP contribution >= 0.6 is 0 Å². The number of carbonyl (C=O) groups is 1. The molecule has 0 heterocycles. The number of nitrogens with one attached hydrogen (secondary N) is 1. The van der Waals surface area contributed by atoms with Crippen LogP contribution in [0.2, 0.25) is 0 Å². The maximum atomic E-state index is 11.3. The number of carboxylic acids is 1. The van der Waals surface area contributed by atoms with Gasteiger partial charge in [0.15, 0.2) is 0 Å². The Morgan fingerprint density at radius 3 is 2.39 bits per heavy atom. The minimum absolute atomic E-state index is 0.523. The maximum Gasteiger partial charge on any atom is 0.323 e. The minimum atomic E-state index is -0.785. The predicted octanol–water partition coefficient (Wildman–Crippen LogP) is 2.34. The van der Waals surface area contributed by atoms with Crippen LogP contribution in [0.15, 0.2) is 0 Å². The van der Waals surface area contributed by atoms with Gasteiger partial charge >= 0.3 is 5.97 Å². The Morgan fingerprint density at radius 2 is 2.00 bits per heavy atom. The van der Waals surface area contributed by atoms with Gasteiger partial charge in [0.1, 0.15) is 5.54 Å². The van der Waals surface area contributed by atoms with E-state index < -0.39 is 11.5 Å². The average molecular weight is 258 g/mol.